The first-order valence-corrected chi connectivity index (χ1v) is 2.99. The highest BCUT2D eigenvalue weighted by molar-refractivity contribution is 5.67. The van der Waals surface area contributed by atoms with E-state index in [2.05, 4.69) is 4.99 Å². The fourth-order valence-electron chi connectivity index (χ4n) is 1.02. The minimum absolute atomic E-state index is 0.225. The van der Waals surface area contributed by atoms with Crippen molar-refractivity contribution in [3.8, 4) is 0 Å². The summed E-state index contributed by atoms with van der Waals surface area (Å²) in [4.78, 5) is 3.98. The van der Waals surface area contributed by atoms with Crippen molar-refractivity contribution in [1.29, 1.82) is 0 Å². The van der Waals surface area contributed by atoms with Crippen LogP contribution in [0.1, 0.15) is 0 Å². The molecule has 0 saturated heterocycles. The number of aliphatic imine (C=N–C) groups is 1. The van der Waals surface area contributed by atoms with Crippen molar-refractivity contribution in [2.75, 3.05) is 0 Å². The second-order valence-corrected chi connectivity index (χ2v) is 2.15. The van der Waals surface area contributed by atoms with Gasteiger partial charge >= 0.3 is 0 Å². The van der Waals surface area contributed by atoms with Gasteiger partial charge in [0.05, 0.1) is 12.2 Å². The Balaban J connectivity index is 2.25. The largest absolute Gasteiger partial charge is 0.493 e. The van der Waals surface area contributed by atoms with Gasteiger partial charge in [-0.1, -0.05) is 0 Å². The molecule has 0 aromatic heterocycles. The van der Waals surface area contributed by atoms with Crippen LogP contribution in [0.3, 0.4) is 0 Å². The maximum Gasteiger partial charge on any atom is 0.129 e. The lowest BCUT2D eigenvalue weighted by Gasteiger charge is -2.12. The third-order valence-electron chi connectivity index (χ3n) is 1.54. The van der Waals surface area contributed by atoms with E-state index in [9.17, 15) is 0 Å². The minimum atomic E-state index is 0.225. The lowest BCUT2D eigenvalue weighted by Crippen LogP contribution is -2.16. The predicted octanol–water partition coefficient (Wildman–Crippen LogP) is 1.11. The molecule has 46 valence electrons. The number of nitrogens with zero attached hydrogens (tertiary/aromatic N) is 1. The van der Waals surface area contributed by atoms with Crippen LogP contribution in [0.25, 0.3) is 0 Å². The van der Waals surface area contributed by atoms with Crippen LogP contribution in [0.5, 0.6) is 0 Å². The van der Waals surface area contributed by atoms with Crippen LogP contribution >= 0.6 is 0 Å². The average Bonchev–Trinajstić information content (AvgIpc) is 2.33. The molecule has 0 spiro atoms. The zero-order valence-corrected chi connectivity index (χ0v) is 4.90. The average molecular weight is 121 g/mol. The first-order valence-electron chi connectivity index (χ1n) is 2.99. The summed E-state index contributed by atoms with van der Waals surface area (Å²) in [6, 6.07) is 0. The maximum absolute atomic E-state index is 5.20. The smallest absolute Gasteiger partial charge is 0.129 e. The molecule has 0 amide bonds. The predicted molar refractivity (Wildman–Crippen MR) is 35.1 cm³/mol. The highest BCUT2D eigenvalue weighted by Crippen LogP contribution is 2.19. The first kappa shape index (κ1) is 4.79. The second kappa shape index (κ2) is 1.72. The normalized spacial score (nSPS) is 36.4. The van der Waals surface area contributed by atoms with Gasteiger partial charge in [-0.2, -0.15) is 0 Å². The van der Waals surface area contributed by atoms with Gasteiger partial charge in [0.25, 0.3) is 0 Å². The third kappa shape index (κ3) is 0.669. The number of fused-ring (bicyclic) bond motifs is 1. The summed E-state index contributed by atoms with van der Waals surface area (Å²) in [5.41, 5.74) is 0. The Labute approximate surface area is 53.5 Å². The number of hydrogen-bond acceptors (Lipinski definition) is 2. The fraction of sp³-hybridized carbons (Fsp3) is 0.286. The van der Waals surface area contributed by atoms with Gasteiger partial charge in [0.2, 0.25) is 0 Å². The third-order valence-corrected chi connectivity index (χ3v) is 1.54. The van der Waals surface area contributed by atoms with Gasteiger partial charge in [0, 0.05) is 12.4 Å². The highest BCUT2D eigenvalue weighted by atomic mass is 16.5. The Morgan fingerprint density at radius 2 is 2.33 bits per heavy atom. The van der Waals surface area contributed by atoms with Crippen molar-refractivity contribution in [1.82, 2.24) is 0 Å². The van der Waals surface area contributed by atoms with Crippen LogP contribution in [0.2, 0.25) is 0 Å². The summed E-state index contributed by atoms with van der Waals surface area (Å²) in [6.45, 7) is 0. The van der Waals surface area contributed by atoms with Crippen molar-refractivity contribution in [3.05, 3.63) is 24.6 Å². The molecule has 0 bridgehead atoms. The molecule has 2 aliphatic rings. The standard InChI is InChI=1S/C7H7NO/c1-3-8-5-6-2-4-9-7(1)6/h1-7H. The molecule has 0 aliphatic carbocycles. The van der Waals surface area contributed by atoms with E-state index in [1.165, 1.54) is 0 Å². The van der Waals surface area contributed by atoms with Crippen molar-refractivity contribution < 1.29 is 4.74 Å². The summed E-state index contributed by atoms with van der Waals surface area (Å²) in [6.07, 6.45) is 9.60. The molecule has 2 aliphatic heterocycles. The Morgan fingerprint density at radius 1 is 1.33 bits per heavy atom. The molecule has 2 heterocycles. The molecule has 2 atom stereocenters. The molecule has 0 radical (unpaired) electrons. The molecule has 0 N–H and O–H groups in total. The van der Waals surface area contributed by atoms with E-state index in [-0.39, 0.29) is 6.10 Å². The van der Waals surface area contributed by atoms with Gasteiger partial charge in [0.1, 0.15) is 6.10 Å². The zero-order valence-electron chi connectivity index (χ0n) is 4.90. The van der Waals surface area contributed by atoms with Gasteiger partial charge in [-0.3, -0.25) is 4.99 Å². The topological polar surface area (TPSA) is 21.6 Å². The zero-order chi connectivity index (χ0) is 6.10. The summed E-state index contributed by atoms with van der Waals surface area (Å²) in [5, 5.41) is 0. The van der Waals surface area contributed by atoms with Crippen molar-refractivity contribution >= 4 is 6.21 Å². The molecule has 9 heavy (non-hydrogen) atoms. The Bertz CT molecular complexity index is 193. The van der Waals surface area contributed by atoms with Crippen LogP contribution < -0.4 is 0 Å². The van der Waals surface area contributed by atoms with E-state index in [0.717, 1.165) is 0 Å². The molecular formula is C7H7NO. The lowest BCUT2D eigenvalue weighted by atomic mass is 10.0. The summed E-state index contributed by atoms with van der Waals surface area (Å²) in [7, 11) is 0. The molecule has 2 unspecified atom stereocenters. The van der Waals surface area contributed by atoms with E-state index in [1.807, 2.05) is 18.4 Å². The highest BCUT2D eigenvalue weighted by Gasteiger charge is 2.21. The van der Waals surface area contributed by atoms with Crippen molar-refractivity contribution in [3.63, 3.8) is 0 Å². The number of rotatable bonds is 0. The molecular weight excluding hydrogens is 114 g/mol. The fourth-order valence-corrected chi connectivity index (χ4v) is 1.02. The Morgan fingerprint density at radius 3 is 3.22 bits per heavy atom. The molecule has 2 heteroatoms. The van der Waals surface area contributed by atoms with Gasteiger partial charge < -0.3 is 4.74 Å². The first-order chi connectivity index (χ1) is 4.47. The summed E-state index contributed by atoms with van der Waals surface area (Å²) in [5.74, 6) is 0.384. The molecule has 2 rings (SSSR count). The summed E-state index contributed by atoms with van der Waals surface area (Å²) >= 11 is 0. The van der Waals surface area contributed by atoms with Crippen molar-refractivity contribution in [2.24, 2.45) is 10.9 Å². The van der Waals surface area contributed by atoms with Gasteiger partial charge in [-0.15, -0.1) is 0 Å². The SMILES string of the molecule is C1=CC2OC=CC2C=N1. The lowest BCUT2D eigenvalue weighted by molar-refractivity contribution is 0.198. The Hall–Kier alpha value is -1.05. The summed E-state index contributed by atoms with van der Waals surface area (Å²) < 4.78 is 5.20. The van der Waals surface area contributed by atoms with E-state index in [1.54, 1.807) is 12.5 Å². The van der Waals surface area contributed by atoms with E-state index < -0.39 is 0 Å². The van der Waals surface area contributed by atoms with E-state index in [0.29, 0.717) is 5.92 Å². The molecule has 2 nitrogen and oxygen atoms in total. The Kier molecular flexibility index (Phi) is 0.918. The van der Waals surface area contributed by atoms with Crippen LogP contribution in [0.15, 0.2) is 29.6 Å². The monoisotopic (exact) mass is 121 g/mol. The van der Waals surface area contributed by atoms with Gasteiger partial charge in [-0.25, -0.2) is 0 Å². The van der Waals surface area contributed by atoms with Crippen LogP contribution in [-0.2, 0) is 4.74 Å². The van der Waals surface area contributed by atoms with Gasteiger partial charge in [0.15, 0.2) is 0 Å². The number of hydrogen-bond donors (Lipinski definition) is 0. The second-order valence-electron chi connectivity index (χ2n) is 2.15. The van der Waals surface area contributed by atoms with E-state index in [4.69, 9.17) is 4.74 Å². The quantitative estimate of drug-likeness (QED) is 0.470. The van der Waals surface area contributed by atoms with Crippen LogP contribution in [0, 0.1) is 5.92 Å². The molecule has 0 fully saturated rings. The van der Waals surface area contributed by atoms with E-state index >= 15 is 0 Å². The maximum atomic E-state index is 5.20. The van der Waals surface area contributed by atoms with Crippen LogP contribution in [-0.4, -0.2) is 12.3 Å². The molecule has 0 saturated carbocycles. The molecule has 0 aromatic rings. The van der Waals surface area contributed by atoms with Crippen LogP contribution in [0.4, 0.5) is 0 Å². The molecule has 0 aromatic carbocycles. The van der Waals surface area contributed by atoms with Gasteiger partial charge in [-0.05, 0) is 12.2 Å². The van der Waals surface area contributed by atoms with Crippen molar-refractivity contribution in [2.45, 2.75) is 6.10 Å². The number of ether oxygens (including phenoxy) is 1. The minimum Gasteiger partial charge on any atom is -0.493 e.